The molecular weight excluding hydrogens is 372 g/mol. The van der Waals surface area contributed by atoms with Crippen LogP contribution >= 0.6 is 22.9 Å². The van der Waals surface area contributed by atoms with Gasteiger partial charge in [0.15, 0.2) is 5.13 Å². The Bertz CT molecular complexity index is 714. The number of ether oxygens (including phenoxy) is 1. The highest BCUT2D eigenvalue weighted by Gasteiger charge is 2.18. The number of carbonyl (C=O) groups excluding carboxylic acids is 1. The van der Waals surface area contributed by atoms with Crippen LogP contribution in [0.15, 0.2) is 29.6 Å². The zero-order chi connectivity index (χ0) is 18.4. The quantitative estimate of drug-likeness (QED) is 0.782. The minimum Gasteiger partial charge on any atom is -0.492 e. The van der Waals surface area contributed by atoms with E-state index in [2.05, 4.69) is 20.1 Å². The van der Waals surface area contributed by atoms with Crippen molar-refractivity contribution in [1.82, 2.24) is 14.8 Å². The predicted molar refractivity (Wildman–Crippen MR) is 105 cm³/mol. The van der Waals surface area contributed by atoms with E-state index >= 15 is 0 Å². The summed E-state index contributed by atoms with van der Waals surface area (Å²) in [5.74, 6) is 0.770. The van der Waals surface area contributed by atoms with Crippen molar-refractivity contribution in [3.8, 4) is 5.75 Å². The number of hydrogen-bond acceptors (Lipinski definition) is 6. The van der Waals surface area contributed by atoms with Crippen molar-refractivity contribution < 1.29 is 9.53 Å². The second-order valence-electron chi connectivity index (χ2n) is 6.25. The number of carbonyl (C=O) groups is 1. The zero-order valence-electron chi connectivity index (χ0n) is 14.8. The van der Waals surface area contributed by atoms with E-state index < -0.39 is 0 Å². The van der Waals surface area contributed by atoms with Crippen LogP contribution in [0.4, 0.5) is 5.13 Å². The van der Waals surface area contributed by atoms with Gasteiger partial charge in [0.05, 0.1) is 5.69 Å². The molecule has 0 radical (unpaired) electrons. The number of amides is 1. The first kappa shape index (κ1) is 19.1. The van der Waals surface area contributed by atoms with Crippen molar-refractivity contribution in [3.05, 3.63) is 40.4 Å². The van der Waals surface area contributed by atoms with Crippen LogP contribution in [0.2, 0.25) is 5.02 Å². The van der Waals surface area contributed by atoms with Crippen molar-refractivity contribution >= 4 is 34.0 Å². The summed E-state index contributed by atoms with van der Waals surface area (Å²) in [5, 5.41) is 6.13. The molecule has 1 aliphatic heterocycles. The molecule has 1 aromatic carbocycles. The van der Waals surface area contributed by atoms with Gasteiger partial charge in [-0.1, -0.05) is 11.6 Å². The van der Waals surface area contributed by atoms with Crippen LogP contribution in [0.3, 0.4) is 0 Å². The average molecular weight is 395 g/mol. The minimum absolute atomic E-state index is 0.0830. The lowest BCUT2D eigenvalue weighted by molar-refractivity contribution is -0.114. The number of rotatable bonds is 7. The summed E-state index contributed by atoms with van der Waals surface area (Å²) < 4.78 is 5.76. The fraction of sp³-hybridized carbons (Fsp3) is 0.444. The van der Waals surface area contributed by atoms with Gasteiger partial charge in [-0.3, -0.25) is 14.6 Å². The van der Waals surface area contributed by atoms with E-state index in [0.717, 1.165) is 55.7 Å². The smallest absolute Gasteiger partial charge is 0.223 e. The topological polar surface area (TPSA) is 57.7 Å². The molecule has 0 aliphatic carbocycles. The normalized spacial score (nSPS) is 15.8. The largest absolute Gasteiger partial charge is 0.492 e. The molecule has 0 saturated carbocycles. The maximum Gasteiger partial charge on any atom is 0.223 e. The molecule has 1 saturated heterocycles. The van der Waals surface area contributed by atoms with Crippen LogP contribution in [0.5, 0.6) is 5.75 Å². The van der Waals surface area contributed by atoms with Crippen molar-refractivity contribution in [2.24, 2.45) is 0 Å². The van der Waals surface area contributed by atoms with Crippen molar-refractivity contribution in [1.29, 1.82) is 0 Å². The summed E-state index contributed by atoms with van der Waals surface area (Å²) in [6.07, 6.45) is 0. The SMILES string of the molecule is CC(=O)Nc1nc(CN2CCN(CCOc3ccc(Cl)cc3)CC2)cs1. The molecule has 2 heterocycles. The lowest BCUT2D eigenvalue weighted by Crippen LogP contribution is -2.47. The van der Waals surface area contributed by atoms with E-state index in [1.807, 2.05) is 29.6 Å². The highest BCUT2D eigenvalue weighted by molar-refractivity contribution is 7.13. The maximum absolute atomic E-state index is 11.1. The van der Waals surface area contributed by atoms with Crippen molar-refractivity contribution in [2.45, 2.75) is 13.5 Å². The van der Waals surface area contributed by atoms with E-state index in [0.29, 0.717) is 11.7 Å². The van der Waals surface area contributed by atoms with Gasteiger partial charge in [0.1, 0.15) is 12.4 Å². The van der Waals surface area contributed by atoms with Crippen LogP contribution in [-0.4, -0.2) is 60.0 Å². The summed E-state index contributed by atoms with van der Waals surface area (Å²) in [7, 11) is 0. The maximum atomic E-state index is 11.1. The molecule has 3 rings (SSSR count). The number of benzene rings is 1. The standard InChI is InChI=1S/C18H23ClN4O2S/c1-14(24)20-18-21-16(13-26-18)12-23-8-6-22(7-9-23)10-11-25-17-4-2-15(19)3-5-17/h2-5,13H,6-12H2,1H3,(H,20,21,24). The first-order valence-electron chi connectivity index (χ1n) is 8.63. The Labute approximate surface area is 162 Å². The van der Waals surface area contributed by atoms with Crippen LogP contribution in [-0.2, 0) is 11.3 Å². The molecule has 1 fully saturated rings. The van der Waals surface area contributed by atoms with E-state index in [1.165, 1.54) is 18.3 Å². The summed E-state index contributed by atoms with van der Waals surface area (Å²) in [6, 6.07) is 7.46. The summed E-state index contributed by atoms with van der Waals surface area (Å²) in [6.45, 7) is 7.97. The molecule has 0 bridgehead atoms. The average Bonchev–Trinajstić information content (AvgIpc) is 3.04. The Balaban J connectivity index is 1.35. The minimum atomic E-state index is -0.0830. The van der Waals surface area contributed by atoms with E-state index in [9.17, 15) is 4.79 Å². The third-order valence-electron chi connectivity index (χ3n) is 4.18. The molecule has 26 heavy (non-hydrogen) atoms. The van der Waals surface area contributed by atoms with Crippen LogP contribution in [0, 0.1) is 0 Å². The predicted octanol–water partition coefficient (Wildman–Crippen LogP) is 2.95. The number of halogens is 1. The monoisotopic (exact) mass is 394 g/mol. The second kappa shape index (κ2) is 9.32. The fourth-order valence-electron chi connectivity index (χ4n) is 2.81. The van der Waals surface area contributed by atoms with Gasteiger partial charge in [-0.05, 0) is 24.3 Å². The van der Waals surface area contributed by atoms with Crippen LogP contribution in [0.25, 0.3) is 0 Å². The number of aromatic nitrogens is 1. The lowest BCUT2D eigenvalue weighted by Gasteiger charge is -2.34. The van der Waals surface area contributed by atoms with E-state index in [4.69, 9.17) is 16.3 Å². The summed E-state index contributed by atoms with van der Waals surface area (Å²) in [5.41, 5.74) is 1.01. The number of piperazine rings is 1. The van der Waals surface area contributed by atoms with E-state index in [-0.39, 0.29) is 5.91 Å². The molecule has 0 spiro atoms. The van der Waals surface area contributed by atoms with E-state index in [1.54, 1.807) is 0 Å². The molecule has 0 atom stereocenters. The van der Waals surface area contributed by atoms with Gasteiger partial charge < -0.3 is 10.1 Å². The first-order chi connectivity index (χ1) is 12.6. The second-order valence-corrected chi connectivity index (χ2v) is 7.54. The van der Waals surface area contributed by atoms with Gasteiger partial charge in [0.25, 0.3) is 0 Å². The van der Waals surface area contributed by atoms with Gasteiger partial charge in [0.2, 0.25) is 5.91 Å². The number of thiazole rings is 1. The van der Waals surface area contributed by atoms with Crippen LogP contribution in [0.1, 0.15) is 12.6 Å². The van der Waals surface area contributed by atoms with Gasteiger partial charge in [-0.2, -0.15) is 0 Å². The van der Waals surface area contributed by atoms with Gasteiger partial charge in [0, 0.05) is 56.6 Å². The summed E-state index contributed by atoms with van der Waals surface area (Å²) in [4.78, 5) is 20.3. The zero-order valence-corrected chi connectivity index (χ0v) is 16.4. The first-order valence-corrected chi connectivity index (χ1v) is 9.89. The number of nitrogens with one attached hydrogen (secondary N) is 1. The molecule has 1 aliphatic rings. The third kappa shape index (κ3) is 5.95. The van der Waals surface area contributed by atoms with Gasteiger partial charge in [-0.25, -0.2) is 4.98 Å². The fourth-order valence-corrected chi connectivity index (χ4v) is 3.68. The Morgan fingerprint density at radius 2 is 1.92 bits per heavy atom. The lowest BCUT2D eigenvalue weighted by atomic mass is 10.3. The Morgan fingerprint density at radius 1 is 1.23 bits per heavy atom. The number of hydrogen-bond donors (Lipinski definition) is 1. The molecule has 1 N–H and O–H groups in total. The molecule has 140 valence electrons. The Kier molecular flexibility index (Phi) is 6.85. The van der Waals surface area contributed by atoms with Crippen molar-refractivity contribution in [3.63, 3.8) is 0 Å². The molecule has 1 aromatic heterocycles. The molecule has 1 amide bonds. The highest BCUT2D eigenvalue weighted by atomic mass is 35.5. The Hall–Kier alpha value is -1.67. The van der Waals surface area contributed by atoms with Gasteiger partial charge in [-0.15, -0.1) is 11.3 Å². The highest BCUT2D eigenvalue weighted by Crippen LogP contribution is 2.18. The molecule has 0 unspecified atom stereocenters. The third-order valence-corrected chi connectivity index (χ3v) is 5.23. The molecular formula is C18H23ClN4O2S. The number of nitrogens with zero attached hydrogens (tertiary/aromatic N) is 3. The van der Waals surface area contributed by atoms with Gasteiger partial charge >= 0.3 is 0 Å². The number of anilines is 1. The van der Waals surface area contributed by atoms with Crippen molar-refractivity contribution in [2.75, 3.05) is 44.6 Å². The molecule has 8 heteroatoms. The Morgan fingerprint density at radius 3 is 2.62 bits per heavy atom. The van der Waals surface area contributed by atoms with Crippen LogP contribution < -0.4 is 10.1 Å². The summed E-state index contributed by atoms with van der Waals surface area (Å²) >= 11 is 7.34. The molecule has 6 nitrogen and oxygen atoms in total. The molecule has 2 aromatic rings.